The summed E-state index contributed by atoms with van der Waals surface area (Å²) in [6.07, 6.45) is 10.7. The van der Waals surface area contributed by atoms with Crippen molar-refractivity contribution >= 4 is 28.3 Å². The van der Waals surface area contributed by atoms with Gasteiger partial charge in [0.2, 0.25) is 0 Å². The quantitative estimate of drug-likeness (QED) is 0.300. The van der Waals surface area contributed by atoms with Crippen LogP contribution in [0.25, 0.3) is 39.1 Å². The fraction of sp³-hybridized carbons (Fsp3) is 0.250. The summed E-state index contributed by atoms with van der Waals surface area (Å²) in [5, 5.41) is 10.6. The van der Waals surface area contributed by atoms with E-state index in [1.54, 1.807) is 12.4 Å². The summed E-state index contributed by atoms with van der Waals surface area (Å²) in [6.45, 7) is 0. The number of aromatic nitrogens is 5. The number of nitrogen functional groups attached to an aromatic ring is 1. The highest BCUT2D eigenvalue weighted by Crippen LogP contribution is 2.37. The van der Waals surface area contributed by atoms with Gasteiger partial charge in [-0.15, -0.1) is 0 Å². The molecule has 1 aliphatic rings. The molecular weight excluding hydrogens is 466 g/mol. The zero-order valence-corrected chi connectivity index (χ0v) is 20.6. The van der Waals surface area contributed by atoms with Crippen LogP contribution in [0.5, 0.6) is 0 Å². The van der Waals surface area contributed by atoms with Crippen LogP contribution >= 0.6 is 0 Å². The molecule has 1 amide bonds. The molecule has 0 spiro atoms. The Labute approximate surface area is 214 Å². The van der Waals surface area contributed by atoms with E-state index < -0.39 is 6.09 Å². The number of carboxylic acid groups (broad SMARTS) is 1. The Morgan fingerprint density at radius 2 is 1.78 bits per heavy atom. The van der Waals surface area contributed by atoms with Gasteiger partial charge in [-0.05, 0) is 37.1 Å². The van der Waals surface area contributed by atoms with Crippen molar-refractivity contribution in [1.29, 1.82) is 0 Å². The molecular formula is C28H29N7O2. The summed E-state index contributed by atoms with van der Waals surface area (Å²) in [6, 6.07) is 16.3. The van der Waals surface area contributed by atoms with Crippen LogP contribution in [0.1, 0.15) is 43.8 Å². The van der Waals surface area contributed by atoms with Crippen molar-refractivity contribution in [2.24, 2.45) is 0 Å². The summed E-state index contributed by atoms with van der Waals surface area (Å²) in [5.74, 6) is 2.06. The number of rotatable bonds is 3. The lowest BCUT2D eigenvalue weighted by atomic mass is 9.89. The summed E-state index contributed by atoms with van der Waals surface area (Å²) in [7, 11) is 1.35. The highest BCUT2D eigenvalue weighted by molar-refractivity contribution is 5.91. The number of benzene rings is 1. The van der Waals surface area contributed by atoms with Gasteiger partial charge >= 0.3 is 6.09 Å². The van der Waals surface area contributed by atoms with E-state index in [0.717, 1.165) is 44.9 Å². The fourth-order valence-electron chi connectivity index (χ4n) is 4.86. The minimum Gasteiger partial charge on any atom is -0.465 e. The molecule has 1 aliphatic carbocycles. The lowest BCUT2D eigenvalue weighted by Crippen LogP contribution is -2.13. The molecule has 9 heteroatoms. The van der Waals surface area contributed by atoms with E-state index in [4.69, 9.17) is 20.8 Å². The van der Waals surface area contributed by atoms with E-state index in [0.29, 0.717) is 11.7 Å². The molecule has 4 heterocycles. The second-order valence-electron chi connectivity index (χ2n) is 9.06. The SMILES string of the molecule is CNC(=O)O.Nc1nccn2c(C3CCCCC3)nc(-c3ccc4ccc(-c5ccccn5)nc4c3)c12. The molecule has 37 heavy (non-hydrogen) atoms. The Hall–Kier alpha value is -4.53. The first kappa shape index (κ1) is 24.2. The number of anilines is 1. The summed E-state index contributed by atoms with van der Waals surface area (Å²) in [5.41, 5.74) is 11.7. The van der Waals surface area contributed by atoms with Crippen LogP contribution in [0.3, 0.4) is 0 Å². The van der Waals surface area contributed by atoms with E-state index in [1.165, 1.54) is 39.2 Å². The Morgan fingerprint density at radius 3 is 2.51 bits per heavy atom. The van der Waals surface area contributed by atoms with Gasteiger partial charge in [0.25, 0.3) is 0 Å². The molecule has 6 rings (SSSR count). The van der Waals surface area contributed by atoms with Crippen molar-refractivity contribution in [2.75, 3.05) is 12.8 Å². The van der Waals surface area contributed by atoms with E-state index in [2.05, 4.69) is 38.6 Å². The predicted octanol–water partition coefficient (Wildman–Crippen LogP) is 5.52. The maximum absolute atomic E-state index is 9.26. The Morgan fingerprint density at radius 1 is 1.00 bits per heavy atom. The molecule has 0 bridgehead atoms. The van der Waals surface area contributed by atoms with Crippen molar-refractivity contribution in [3.63, 3.8) is 0 Å². The fourth-order valence-corrected chi connectivity index (χ4v) is 4.86. The van der Waals surface area contributed by atoms with Gasteiger partial charge in [0.1, 0.15) is 22.9 Å². The van der Waals surface area contributed by atoms with Crippen molar-refractivity contribution in [2.45, 2.75) is 38.0 Å². The molecule has 4 aromatic heterocycles. The minimum absolute atomic E-state index is 0.459. The number of nitrogens with one attached hydrogen (secondary N) is 1. The van der Waals surface area contributed by atoms with Crippen LogP contribution in [0.2, 0.25) is 0 Å². The number of carbonyl (C=O) groups is 1. The largest absolute Gasteiger partial charge is 0.465 e. The summed E-state index contributed by atoms with van der Waals surface area (Å²) < 4.78 is 2.15. The molecule has 0 unspecified atom stereocenters. The van der Waals surface area contributed by atoms with Gasteiger partial charge in [0.15, 0.2) is 0 Å². The third-order valence-electron chi connectivity index (χ3n) is 6.69. The maximum Gasteiger partial charge on any atom is 0.404 e. The molecule has 188 valence electrons. The van der Waals surface area contributed by atoms with Crippen molar-refractivity contribution in [3.8, 4) is 22.6 Å². The van der Waals surface area contributed by atoms with Crippen LogP contribution in [-0.4, -0.2) is 42.6 Å². The zero-order valence-electron chi connectivity index (χ0n) is 20.6. The molecule has 9 nitrogen and oxygen atoms in total. The van der Waals surface area contributed by atoms with Crippen LogP contribution in [0, 0.1) is 0 Å². The first-order valence-corrected chi connectivity index (χ1v) is 12.4. The molecule has 0 aliphatic heterocycles. The lowest BCUT2D eigenvalue weighted by molar-refractivity contribution is 0.197. The Kier molecular flexibility index (Phi) is 6.93. The summed E-state index contributed by atoms with van der Waals surface area (Å²) in [4.78, 5) is 28.1. The van der Waals surface area contributed by atoms with Gasteiger partial charge < -0.3 is 16.2 Å². The number of nitrogens with zero attached hydrogens (tertiary/aromatic N) is 5. The van der Waals surface area contributed by atoms with Crippen molar-refractivity contribution in [3.05, 3.63) is 72.9 Å². The predicted molar refractivity (Wildman–Crippen MR) is 144 cm³/mol. The molecule has 0 saturated heterocycles. The number of fused-ring (bicyclic) bond motifs is 2. The Balaban J connectivity index is 0.000000514. The lowest BCUT2D eigenvalue weighted by Gasteiger charge is -2.20. The monoisotopic (exact) mass is 495 g/mol. The number of imidazole rings is 1. The van der Waals surface area contributed by atoms with Crippen LogP contribution in [0.4, 0.5) is 10.6 Å². The number of hydrogen-bond acceptors (Lipinski definition) is 6. The topological polar surface area (TPSA) is 131 Å². The second kappa shape index (κ2) is 10.6. The normalized spacial score (nSPS) is 13.8. The molecule has 1 fully saturated rings. The third kappa shape index (κ3) is 5.06. The van der Waals surface area contributed by atoms with Crippen LogP contribution in [0.15, 0.2) is 67.1 Å². The first-order valence-electron chi connectivity index (χ1n) is 12.4. The molecule has 1 saturated carbocycles. The van der Waals surface area contributed by atoms with Gasteiger partial charge in [0.05, 0.1) is 16.9 Å². The van der Waals surface area contributed by atoms with Gasteiger partial charge in [-0.3, -0.25) is 9.38 Å². The third-order valence-corrected chi connectivity index (χ3v) is 6.69. The molecule has 0 radical (unpaired) electrons. The smallest absolute Gasteiger partial charge is 0.404 e. The van der Waals surface area contributed by atoms with Crippen LogP contribution in [-0.2, 0) is 0 Å². The van der Waals surface area contributed by atoms with Crippen LogP contribution < -0.4 is 11.1 Å². The number of hydrogen-bond donors (Lipinski definition) is 3. The van der Waals surface area contributed by atoms with Gasteiger partial charge in [-0.1, -0.05) is 43.5 Å². The highest BCUT2D eigenvalue weighted by Gasteiger charge is 2.24. The van der Waals surface area contributed by atoms with Gasteiger partial charge in [-0.25, -0.2) is 19.7 Å². The average Bonchev–Trinajstić information content (AvgIpc) is 3.35. The van der Waals surface area contributed by atoms with Gasteiger partial charge in [-0.2, -0.15) is 0 Å². The van der Waals surface area contributed by atoms with E-state index in [-0.39, 0.29) is 0 Å². The van der Waals surface area contributed by atoms with E-state index in [9.17, 15) is 4.79 Å². The van der Waals surface area contributed by atoms with E-state index >= 15 is 0 Å². The average molecular weight is 496 g/mol. The first-order chi connectivity index (χ1) is 18.0. The van der Waals surface area contributed by atoms with E-state index in [1.807, 2.05) is 35.8 Å². The van der Waals surface area contributed by atoms with Crippen molar-refractivity contribution < 1.29 is 9.90 Å². The van der Waals surface area contributed by atoms with Gasteiger partial charge in [0, 0.05) is 42.5 Å². The standard InChI is InChI=1S/C26H24N6.C2H5NO2/c27-25-24-23(31-26(32(24)15-14-29-25)18-6-2-1-3-7-18)19-10-9-17-11-12-21(30-22(17)16-19)20-8-4-5-13-28-20;1-3-2(4)5/h4-5,8-16,18H,1-3,6-7H2,(H2,27,29);3H,1H3,(H,4,5). The minimum atomic E-state index is -0.995. The van der Waals surface area contributed by atoms with Crippen molar-refractivity contribution in [1.82, 2.24) is 29.7 Å². The number of nitrogens with two attached hydrogens (primary N) is 1. The Bertz CT molecular complexity index is 1540. The molecule has 4 N–H and O–H groups in total. The second-order valence-corrected chi connectivity index (χ2v) is 9.06. The summed E-state index contributed by atoms with van der Waals surface area (Å²) >= 11 is 0. The number of amides is 1. The highest BCUT2D eigenvalue weighted by atomic mass is 16.4. The molecule has 5 aromatic rings. The number of pyridine rings is 2. The maximum atomic E-state index is 9.26. The molecule has 1 aromatic carbocycles. The molecule has 0 atom stereocenters. The zero-order chi connectivity index (χ0) is 25.8.